The zero-order valence-electron chi connectivity index (χ0n) is 14.3. The molecule has 1 aliphatic rings. The Balaban J connectivity index is 1.50. The zero-order valence-corrected chi connectivity index (χ0v) is 14.3. The summed E-state index contributed by atoms with van der Waals surface area (Å²) in [5, 5.41) is 12.6. The molecular formula is C18H24N6. The molecule has 0 aliphatic carbocycles. The van der Waals surface area contributed by atoms with Crippen LogP contribution in [-0.2, 0) is 6.54 Å². The number of hydrogen-bond acceptors (Lipinski definition) is 4. The number of H-pyrrole nitrogens is 1. The fourth-order valence-corrected chi connectivity index (χ4v) is 3.67. The SMILES string of the molecule is CC(C)n1nccc1CN1CCC[C@@H](c2ccc3cn[nH]c3n2)C1. The molecule has 0 saturated carbocycles. The molecule has 0 amide bonds. The van der Waals surface area contributed by atoms with Crippen molar-refractivity contribution in [2.75, 3.05) is 13.1 Å². The van der Waals surface area contributed by atoms with Gasteiger partial charge < -0.3 is 0 Å². The third kappa shape index (κ3) is 2.94. The van der Waals surface area contributed by atoms with Crippen molar-refractivity contribution >= 4 is 11.0 Å². The van der Waals surface area contributed by atoms with Gasteiger partial charge in [-0.15, -0.1) is 0 Å². The lowest BCUT2D eigenvalue weighted by molar-refractivity contribution is 0.192. The van der Waals surface area contributed by atoms with Crippen molar-refractivity contribution in [2.45, 2.75) is 45.2 Å². The van der Waals surface area contributed by atoms with Crippen LogP contribution in [-0.4, -0.2) is 43.0 Å². The maximum atomic E-state index is 4.77. The minimum atomic E-state index is 0.403. The quantitative estimate of drug-likeness (QED) is 0.801. The molecule has 1 saturated heterocycles. The van der Waals surface area contributed by atoms with E-state index in [1.807, 2.05) is 12.4 Å². The highest BCUT2D eigenvalue weighted by Crippen LogP contribution is 2.27. The molecule has 0 aromatic carbocycles. The molecule has 6 nitrogen and oxygen atoms in total. The van der Waals surface area contributed by atoms with Crippen molar-refractivity contribution in [3.05, 3.63) is 42.0 Å². The molecule has 1 N–H and O–H groups in total. The number of likely N-dealkylation sites (tertiary alicyclic amines) is 1. The van der Waals surface area contributed by atoms with Crippen LogP contribution in [0.1, 0.15) is 50.0 Å². The molecule has 6 heteroatoms. The Morgan fingerprint density at radius 1 is 1.29 bits per heavy atom. The van der Waals surface area contributed by atoms with Crippen LogP contribution in [0.25, 0.3) is 11.0 Å². The zero-order chi connectivity index (χ0) is 16.5. The summed E-state index contributed by atoms with van der Waals surface area (Å²) in [5.41, 5.74) is 3.36. The second-order valence-corrected chi connectivity index (χ2v) is 6.98. The molecule has 24 heavy (non-hydrogen) atoms. The first-order chi connectivity index (χ1) is 11.7. The summed E-state index contributed by atoms with van der Waals surface area (Å²) in [7, 11) is 0. The van der Waals surface area contributed by atoms with Gasteiger partial charge in [0.15, 0.2) is 5.65 Å². The van der Waals surface area contributed by atoms with Crippen LogP contribution in [0, 0.1) is 0 Å². The van der Waals surface area contributed by atoms with E-state index in [1.165, 1.54) is 24.2 Å². The number of hydrogen-bond donors (Lipinski definition) is 1. The average molecular weight is 324 g/mol. The van der Waals surface area contributed by atoms with E-state index in [4.69, 9.17) is 4.98 Å². The Kier molecular flexibility index (Phi) is 4.06. The second-order valence-electron chi connectivity index (χ2n) is 6.98. The first-order valence-electron chi connectivity index (χ1n) is 8.75. The van der Waals surface area contributed by atoms with Gasteiger partial charge in [0.2, 0.25) is 0 Å². The minimum Gasteiger partial charge on any atom is -0.297 e. The van der Waals surface area contributed by atoms with Gasteiger partial charge in [0.1, 0.15) is 0 Å². The van der Waals surface area contributed by atoms with E-state index >= 15 is 0 Å². The van der Waals surface area contributed by atoms with Gasteiger partial charge >= 0.3 is 0 Å². The Bertz CT molecular complexity index is 818. The third-order valence-corrected chi connectivity index (χ3v) is 4.87. The molecule has 3 aromatic heterocycles. The van der Waals surface area contributed by atoms with E-state index in [0.29, 0.717) is 12.0 Å². The summed E-state index contributed by atoms with van der Waals surface area (Å²) in [6, 6.07) is 6.82. The highest BCUT2D eigenvalue weighted by molar-refractivity contribution is 5.73. The van der Waals surface area contributed by atoms with Crippen LogP contribution in [0.3, 0.4) is 0 Å². The average Bonchev–Trinajstić information content (AvgIpc) is 3.23. The summed E-state index contributed by atoms with van der Waals surface area (Å²) in [4.78, 5) is 7.30. The normalized spacial score (nSPS) is 19.4. The molecule has 0 spiro atoms. The Labute approximate surface area is 141 Å². The standard InChI is InChI=1S/C18H24N6/c1-13(2)24-16(7-8-20-24)12-23-9-3-4-15(11-23)17-6-5-14-10-19-22-18(14)21-17/h5-8,10,13,15H,3-4,9,11-12H2,1-2H3,(H,19,21,22)/t15-/m1/s1. The van der Waals surface area contributed by atoms with E-state index in [-0.39, 0.29) is 0 Å². The summed E-state index contributed by atoms with van der Waals surface area (Å²) in [5.74, 6) is 0.488. The van der Waals surface area contributed by atoms with Gasteiger partial charge in [0.25, 0.3) is 0 Å². The third-order valence-electron chi connectivity index (χ3n) is 4.87. The largest absolute Gasteiger partial charge is 0.297 e. The number of rotatable bonds is 4. The Morgan fingerprint density at radius 2 is 2.21 bits per heavy atom. The molecule has 126 valence electrons. The van der Waals surface area contributed by atoms with Gasteiger partial charge in [-0.1, -0.05) is 0 Å². The van der Waals surface area contributed by atoms with Crippen LogP contribution in [0.5, 0.6) is 0 Å². The van der Waals surface area contributed by atoms with Crippen LogP contribution in [0.4, 0.5) is 0 Å². The fourth-order valence-electron chi connectivity index (χ4n) is 3.67. The molecule has 4 heterocycles. The van der Waals surface area contributed by atoms with Gasteiger partial charge in [-0.05, 0) is 51.4 Å². The number of fused-ring (bicyclic) bond motifs is 1. The fraction of sp³-hybridized carbons (Fsp3) is 0.500. The molecule has 1 atom stereocenters. The van der Waals surface area contributed by atoms with Crippen molar-refractivity contribution < 1.29 is 0 Å². The van der Waals surface area contributed by atoms with Crippen molar-refractivity contribution in [1.82, 2.24) is 29.9 Å². The lowest BCUT2D eigenvalue weighted by Gasteiger charge is -2.32. The number of nitrogens with one attached hydrogen (secondary N) is 1. The van der Waals surface area contributed by atoms with Crippen molar-refractivity contribution in [2.24, 2.45) is 0 Å². The molecule has 0 unspecified atom stereocenters. The van der Waals surface area contributed by atoms with Gasteiger partial charge in [-0.3, -0.25) is 14.7 Å². The highest BCUT2D eigenvalue weighted by atomic mass is 15.3. The van der Waals surface area contributed by atoms with E-state index < -0.39 is 0 Å². The number of aromatic nitrogens is 5. The summed E-state index contributed by atoms with van der Waals surface area (Å²) in [6.45, 7) is 7.51. The predicted molar refractivity (Wildman–Crippen MR) is 93.8 cm³/mol. The number of nitrogens with zero attached hydrogens (tertiary/aromatic N) is 5. The van der Waals surface area contributed by atoms with E-state index in [1.54, 1.807) is 0 Å². The molecule has 3 aromatic rings. The molecule has 0 bridgehead atoms. The maximum Gasteiger partial charge on any atom is 0.155 e. The summed E-state index contributed by atoms with van der Waals surface area (Å²) < 4.78 is 2.12. The van der Waals surface area contributed by atoms with Gasteiger partial charge in [-0.2, -0.15) is 10.2 Å². The highest BCUT2D eigenvalue weighted by Gasteiger charge is 2.23. The molecule has 1 fully saturated rings. The molecule has 1 aliphatic heterocycles. The van der Waals surface area contributed by atoms with Gasteiger partial charge in [-0.25, -0.2) is 4.98 Å². The maximum absolute atomic E-state index is 4.77. The first kappa shape index (κ1) is 15.3. The van der Waals surface area contributed by atoms with Crippen LogP contribution < -0.4 is 0 Å². The lowest BCUT2D eigenvalue weighted by Crippen LogP contribution is -2.35. The van der Waals surface area contributed by atoms with Crippen molar-refractivity contribution in [3.8, 4) is 0 Å². The number of pyridine rings is 1. The number of piperidine rings is 1. The summed E-state index contributed by atoms with van der Waals surface area (Å²) in [6.07, 6.45) is 6.15. The number of aromatic amines is 1. The van der Waals surface area contributed by atoms with E-state index in [2.05, 4.69) is 56.9 Å². The smallest absolute Gasteiger partial charge is 0.155 e. The molecule has 0 radical (unpaired) electrons. The lowest BCUT2D eigenvalue weighted by atomic mass is 9.94. The molecule has 4 rings (SSSR count). The van der Waals surface area contributed by atoms with Gasteiger partial charge in [0.05, 0.1) is 11.9 Å². The van der Waals surface area contributed by atoms with Crippen molar-refractivity contribution in [3.63, 3.8) is 0 Å². The predicted octanol–water partition coefficient (Wildman–Crippen LogP) is 3.11. The first-order valence-corrected chi connectivity index (χ1v) is 8.75. The molecular weight excluding hydrogens is 300 g/mol. The second kappa shape index (κ2) is 6.36. The van der Waals surface area contributed by atoms with Crippen molar-refractivity contribution in [1.29, 1.82) is 0 Å². The van der Waals surface area contributed by atoms with Crippen LogP contribution >= 0.6 is 0 Å². The van der Waals surface area contributed by atoms with Crippen LogP contribution in [0.15, 0.2) is 30.6 Å². The van der Waals surface area contributed by atoms with E-state index in [0.717, 1.165) is 30.7 Å². The Hall–Kier alpha value is -2.21. The monoisotopic (exact) mass is 324 g/mol. The summed E-state index contributed by atoms with van der Waals surface area (Å²) >= 11 is 0. The Morgan fingerprint density at radius 3 is 3.08 bits per heavy atom. The topological polar surface area (TPSA) is 62.6 Å². The van der Waals surface area contributed by atoms with Gasteiger partial charge in [0, 0.05) is 42.3 Å². The van der Waals surface area contributed by atoms with E-state index in [9.17, 15) is 0 Å². The van der Waals surface area contributed by atoms with Crippen LogP contribution in [0.2, 0.25) is 0 Å². The minimum absolute atomic E-state index is 0.403.